The van der Waals surface area contributed by atoms with Crippen molar-refractivity contribution in [2.24, 2.45) is 0 Å². The largest absolute Gasteiger partial charge is 0.393 e. The fraction of sp³-hybridized carbons (Fsp3) is 1.00. The Kier molecular flexibility index (Phi) is 5.12. The van der Waals surface area contributed by atoms with E-state index in [9.17, 15) is 0 Å². The van der Waals surface area contributed by atoms with E-state index in [2.05, 4.69) is 11.4 Å². The minimum atomic E-state index is -1.95. The van der Waals surface area contributed by atoms with Crippen molar-refractivity contribution in [2.75, 3.05) is 57.2 Å². The van der Waals surface area contributed by atoms with Gasteiger partial charge in [0.15, 0.2) is 0 Å². The van der Waals surface area contributed by atoms with Crippen LogP contribution in [-0.2, 0) is 13.6 Å². The van der Waals surface area contributed by atoms with Crippen molar-refractivity contribution in [3.05, 3.63) is 0 Å². The van der Waals surface area contributed by atoms with E-state index in [0.29, 0.717) is 0 Å². The standard InChI is InChI=1S/C10H21NO3SSi/c1-16(10-11-2-4-12-5-3-11)13-6-8-15-9-7-14-16/h2-10H2,1H3. The minimum Gasteiger partial charge on any atom is -0.393 e. The summed E-state index contributed by atoms with van der Waals surface area (Å²) in [5.74, 6) is 2.21. The first kappa shape index (κ1) is 12.9. The Morgan fingerprint density at radius 1 is 1.06 bits per heavy atom. The molecule has 0 N–H and O–H groups in total. The van der Waals surface area contributed by atoms with Crippen LogP contribution in [0.25, 0.3) is 0 Å². The molecule has 0 aromatic carbocycles. The molecule has 0 aliphatic carbocycles. The molecule has 0 spiro atoms. The molecule has 2 fully saturated rings. The maximum absolute atomic E-state index is 5.99. The molecular weight excluding hydrogens is 242 g/mol. The third kappa shape index (κ3) is 4.01. The van der Waals surface area contributed by atoms with Crippen LogP contribution < -0.4 is 0 Å². The van der Waals surface area contributed by atoms with Crippen molar-refractivity contribution >= 4 is 20.3 Å². The Morgan fingerprint density at radius 2 is 1.69 bits per heavy atom. The van der Waals surface area contributed by atoms with Gasteiger partial charge in [0.2, 0.25) is 0 Å². The highest BCUT2D eigenvalue weighted by atomic mass is 32.2. The maximum Gasteiger partial charge on any atom is 0.349 e. The Labute approximate surface area is 103 Å². The maximum atomic E-state index is 5.99. The lowest BCUT2D eigenvalue weighted by molar-refractivity contribution is 0.0383. The smallest absolute Gasteiger partial charge is 0.349 e. The number of nitrogens with zero attached hydrogens (tertiary/aromatic N) is 1. The summed E-state index contributed by atoms with van der Waals surface area (Å²) in [6.45, 7) is 7.61. The summed E-state index contributed by atoms with van der Waals surface area (Å²) < 4.78 is 17.3. The number of thioether (sulfide) groups is 1. The zero-order valence-electron chi connectivity index (χ0n) is 9.94. The van der Waals surface area contributed by atoms with Gasteiger partial charge in [0.25, 0.3) is 0 Å². The monoisotopic (exact) mass is 263 g/mol. The van der Waals surface area contributed by atoms with E-state index in [1.54, 1.807) is 0 Å². The van der Waals surface area contributed by atoms with Crippen molar-refractivity contribution < 1.29 is 13.6 Å². The summed E-state index contributed by atoms with van der Waals surface area (Å²) >= 11 is 1.91. The average molecular weight is 263 g/mol. The van der Waals surface area contributed by atoms with Gasteiger partial charge in [0, 0.05) is 44.0 Å². The molecule has 0 unspecified atom stereocenters. The van der Waals surface area contributed by atoms with E-state index < -0.39 is 8.56 Å². The van der Waals surface area contributed by atoms with Crippen LogP contribution in [0.2, 0.25) is 6.55 Å². The predicted octanol–water partition coefficient (Wildman–Crippen LogP) is 0.710. The van der Waals surface area contributed by atoms with Crippen molar-refractivity contribution in [3.63, 3.8) is 0 Å². The summed E-state index contributed by atoms with van der Waals surface area (Å²) in [4.78, 5) is 2.42. The fourth-order valence-electron chi connectivity index (χ4n) is 2.03. The second kappa shape index (κ2) is 6.37. The van der Waals surface area contributed by atoms with Gasteiger partial charge < -0.3 is 13.6 Å². The van der Waals surface area contributed by atoms with E-state index in [1.165, 1.54) is 0 Å². The number of morpholine rings is 1. The number of hydrogen-bond acceptors (Lipinski definition) is 5. The molecule has 2 aliphatic heterocycles. The minimum absolute atomic E-state index is 0.845. The van der Waals surface area contributed by atoms with Gasteiger partial charge in [-0.1, -0.05) is 0 Å². The zero-order valence-corrected chi connectivity index (χ0v) is 11.8. The molecule has 16 heavy (non-hydrogen) atoms. The Balaban J connectivity index is 1.83. The molecule has 2 rings (SSSR count). The topological polar surface area (TPSA) is 30.9 Å². The van der Waals surface area contributed by atoms with E-state index in [1.807, 2.05) is 11.8 Å². The molecule has 0 atom stereocenters. The molecule has 4 nitrogen and oxygen atoms in total. The molecular formula is C10H21NO3SSi. The summed E-state index contributed by atoms with van der Waals surface area (Å²) in [6.07, 6.45) is 0.987. The number of rotatable bonds is 2. The van der Waals surface area contributed by atoms with Gasteiger partial charge in [0.05, 0.1) is 13.2 Å². The first-order valence-corrected chi connectivity index (χ1v) is 9.62. The molecule has 0 radical (unpaired) electrons. The van der Waals surface area contributed by atoms with Crippen LogP contribution in [0.3, 0.4) is 0 Å². The van der Waals surface area contributed by atoms with Crippen LogP contribution in [0.4, 0.5) is 0 Å². The molecule has 94 valence electrons. The van der Waals surface area contributed by atoms with Crippen molar-refractivity contribution in [2.45, 2.75) is 6.55 Å². The summed E-state index contributed by atoms with van der Waals surface area (Å²) in [5, 5.41) is 0. The highest BCUT2D eigenvalue weighted by Crippen LogP contribution is 2.15. The Bertz CT molecular complexity index is 206. The van der Waals surface area contributed by atoms with Gasteiger partial charge in [-0.05, 0) is 6.55 Å². The Morgan fingerprint density at radius 3 is 2.31 bits per heavy atom. The molecule has 2 heterocycles. The highest BCUT2D eigenvalue weighted by molar-refractivity contribution is 7.99. The normalized spacial score (nSPS) is 28.3. The van der Waals surface area contributed by atoms with Gasteiger partial charge in [0.1, 0.15) is 0 Å². The van der Waals surface area contributed by atoms with Gasteiger partial charge in [-0.25, -0.2) is 0 Å². The lowest BCUT2D eigenvalue weighted by Gasteiger charge is -2.35. The van der Waals surface area contributed by atoms with Crippen LogP contribution in [0.15, 0.2) is 0 Å². The molecule has 0 amide bonds. The quantitative estimate of drug-likeness (QED) is 0.685. The van der Waals surface area contributed by atoms with E-state index in [0.717, 1.165) is 57.2 Å². The summed E-state index contributed by atoms with van der Waals surface area (Å²) in [6, 6.07) is 0. The molecule has 0 aromatic rings. The first-order chi connectivity index (χ1) is 7.79. The number of ether oxygens (including phenoxy) is 1. The SMILES string of the molecule is C[Si]1(CN2CCOCC2)OCCSCCO1. The second-order valence-electron chi connectivity index (χ2n) is 4.33. The van der Waals surface area contributed by atoms with Crippen LogP contribution in [0, 0.1) is 0 Å². The predicted molar refractivity (Wildman–Crippen MR) is 68.1 cm³/mol. The van der Waals surface area contributed by atoms with E-state index in [4.69, 9.17) is 13.6 Å². The van der Waals surface area contributed by atoms with Crippen LogP contribution in [0.5, 0.6) is 0 Å². The fourth-order valence-corrected chi connectivity index (χ4v) is 5.40. The van der Waals surface area contributed by atoms with Crippen molar-refractivity contribution in [1.29, 1.82) is 0 Å². The Hall–Kier alpha value is 0.407. The number of hydrogen-bond donors (Lipinski definition) is 0. The highest BCUT2D eigenvalue weighted by Gasteiger charge is 2.35. The molecule has 0 saturated carbocycles. The van der Waals surface area contributed by atoms with Crippen LogP contribution >= 0.6 is 11.8 Å². The average Bonchev–Trinajstić information content (AvgIpc) is 2.26. The molecule has 0 bridgehead atoms. The van der Waals surface area contributed by atoms with E-state index in [-0.39, 0.29) is 0 Å². The van der Waals surface area contributed by atoms with Gasteiger partial charge in [-0.15, -0.1) is 0 Å². The van der Waals surface area contributed by atoms with Gasteiger partial charge in [-0.3, -0.25) is 4.90 Å². The molecule has 2 saturated heterocycles. The first-order valence-electron chi connectivity index (χ1n) is 5.94. The molecule has 0 aromatic heterocycles. The lowest BCUT2D eigenvalue weighted by Crippen LogP contribution is -2.54. The van der Waals surface area contributed by atoms with Crippen LogP contribution in [-0.4, -0.2) is 70.7 Å². The van der Waals surface area contributed by atoms with Crippen LogP contribution in [0.1, 0.15) is 0 Å². The van der Waals surface area contributed by atoms with Crippen molar-refractivity contribution in [3.8, 4) is 0 Å². The van der Waals surface area contributed by atoms with Crippen molar-refractivity contribution in [1.82, 2.24) is 4.90 Å². The molecule has 2 aliphatic rings. The third-order valence-electron chi connectivity index (χ3n) is 2.88. The lowest BCUT2D eigenvalue weighted by atomic mass is 10.5. The second-order valence-corrected chi connectivity index (χ2v) is 8.72. The van der Waals surface area contributed by atoms with Gasteiger partial charge >= 0.3 is 8.56 Å². The third-order valence-corrected chi connectivity index (χ3v) is 6.45. The summed E-state index contributed by atoms with van der Waals surface area (Å²) in [5.41, 5.74) is 0. The summed E-state index contributed by atoms with van der Waals surface area (Å²) in [7, 11) is -1.95. The molecule has 6 heteroatoms. The van der Waals surface area contributed by atoms with E-state index >= 15 is 0 Å². The van der Waals surface area contributed by atoms with Gasteiger partial charge in [-0.2, -0.15) is 11.8 Å². The zero-order chi connectivity index (χ0) is 11.3.